The fraction of sp³-hybridized carbons (Fsp3) is 0.440. The number of aromatic nitrogens is 3. The standard InChI is InChI=1S/C25H30N4O3/c1-6-20(30)19-11-18(28-23-26-9-10-29(19)23)22(32)27-14-25-8-7-16(15(2)17(25)12-25)21(31)13-24(3,4)5/h6-11,17,30H,12-14H2,1-5H3,(H,27,32)/b20-6+. The third-order valence-electron chi connectivity index (χ3n) is 6.36. The Morgan fingerprint density at radius 3 is 2.81 bits per heavy atom. The zero-order valence-electron chi connectivity index (χ0n) is 19.3. The van der Waals surface area contributed by atoms with Crippen LogP contribution in [-0.4, -0.2) is 37.7 Å². The summed E-state index contributed by atoms with van der Waals surface area (Å²) >= 11 is 0. The first-order valence-electron chi connectivity index (χ1n) is 11.0. The van der Waals surface area contributed by atoms with Crippen molar-refractivity contribution in [1.29, 1.82) is 0 Å². The fourth-order valence-corrected chi connectivity index (χ4v) is 4.50. The Morgan fingerprint density at radius 2 is 2.12 bits per heavy atom. The van der Waals surface area contributed by atoms with Crippen LogP contribution in [-0.2, 0) is 4.79 Å². The highest BCUT2D eigenvalue weighted by atomic mass is 16.3. The SMILES string of the molecule is C/C=C(/O)c1cc(C(=O)NCC23C=CC(C(=O)CC(C)(C)C)=C(C)C2C3)nc2nccn12. The molecule has 2 aromatic heterocycles. The van der Waals surface area contributed by atoms with Crippen molar-refractivity contribution in [2.75, 3.05) is 6.54 Å². The molecule has 1 fully saturated rings. The van der Waals surface area contributed by atoms with Crippen molar-refractivity contribution in [3.05, 3.63) is 59.2 Å². The van der Waals surface area contributed by atoms with Gasteiger partial charge in [-0.2, -0.15) is 0 Å². The van der Waals surface area contributed by atoms with Gasteiger partial charge >= 0.3 is 0 Å². The molecule has 7 heteroatoms. The smallest absolute Gasteiger partial charge is 0.270 e. The van der Waals surface area contributed by atoms with Crippen LogP contribution in [0.25, 0.3) is 11.5 Å². The minimum Gasteiger partial charge on any atom is -0.506 e. The second kappa shape index (κ2) is 7.73. The molecule has 32 heavy (non-hydrogen) atoms. The Hall–Kier alpha value is -3.22. The van der Waals surface area contributed by atoms with Gasteiger partial charge in [0.1, 0.15) is 11.5 Å². The van der Waals surface area contributed by atoms with Gasteiger partial charge in [-0.1, -0.05) is 38.5 Å². The summed E-state index contributed by atoms with van der Waals surface area (Å²) in [5, 5.41) is 13.2. The number of Topliss-reactive ketones (excluding diaryl/α,β-unsaturated/α-hetero) is 1. The minimum atomic E-state index is -0.315. The van der Waals surface area contributed by atoms with Gasteiger partial charge in [-0.15, -0.1) is 0 Å². The maximum absolute atomic E-state index is 12.9. The first kappa shape index (κ1) is 22.0. The van der Waals surface area contributed by atoms with Gasteiger partial charge in [-0.25, -0.2) is 9.97 Å². The largest absolute Gasteiger partial charge is 0.506 e. The van der Waals surface area contributed by atoms with Crippen LogP contribution in [0.3, 0.4) is 0 Å². The van der Waals surface area contributed by atoms with Crippen molar-refractivity contribution in [3.63, 3.8) is 0 Å². The summed E-state index contributed by atoms with van der Waals surface area (Å²) in [4.78, 5) is 34.1. The molecule has 2 N–H and O–H groups in total. The zero-order valence-corrected chi connectivity index (χ0v) is 19.3. The van der Waals surface area contributed by atoms with Gasteiger partial charge < -0.3 is 10.4 Å². The summed E-state index contributed by atoms with van der Waals surface area (Å²) in [7, 11) is 0. The minimum absolute atomic E-state index is 0.0481. The number of aliphatic hydroxyl groups is 1. The molecule has 0 spiro atoms. The van der Waals surface area contributed by atoms with Crippen LogP contribution in [0.5, 0.6) is 0 Å². The van der Waals surface area contributed by atoms with E-state index in [1.165, 1.54) is 0 Å². The Kier molecular flexibility index (Phi) is 5.31. The van der Waals surface area contributed by atoms with E-state index >= 15 is 0 Å². The second-order valence-electron chi connectivity index (χ2n) is 10.1. The molecule has 2 unspecified atom stereocenters. The van der Waals surface area contributed by atoms with E-state index in [1.54, 1.807) is 35.9 Å². The van der Waals surface area contributed by atoms with E-state index < -0.39 is 0 Å². The lowest BCUT2D eigenvalue weighted by Crippen LogP contribution is -2.32. The van der Waals surface area contributed by atoms with E-state index in [0.29, 0.717) is 24.4 Å². The quantitative estimate of drug-likeness (QED) is 0.662. The summed E-state index contributed by atoms with van der Waals surface area (Å²) in [6, 6.07) is 1.56. The molecule has 0 aromatic carbocycles. The molecule has 2 aliphatic rings. The molecule has 0 saturated heterocycles. The van der Waals surface area contributed by atoms with Crippen LogP contribution < -0.4 is 5.32 Å². The Morgan fingerprint density at radius 1 is 1.38 bits per heavy atom. The third kappa shape index (κ3) is 3.99. The predicted octanol–water partition coefficient (Wildman–Crippen LogP) is 4.28. The highest BCUT2D eigenvalue weighted by Gasteiger charge is 2.55. The lowest BCUT2D eigenvalue weighted by atomic mass is 9.83. The number of carbonyl (C=O) groups excluding carboxylic acids is 2. The van der Waals surface area contributed by atoms with Gasteiger partial charge in [-0.05, 0) is 43.7 Å². The van der Waals surface area contributed by atoms with Crippen LogP contribution in [0.1, 0.15) is 63.6 Å². The lowest BCUT2D eigenvalue weighted by Gasteiger charge is -2.22. The molecule has 1 amide bonds. The van der Waals surface area contributed by atoms with Gasteiger partial charge in [0, 0.05) is 36.3 Å². The first-order valence-corrected chi connectivity index (χ1v) is 11.0. The summed E-state index contributed by atoms with van der Waals surface area (Å²) < 4.78 is 1.63. The lowest BCUT2D eigenvalue weighted by molar-refractivity contribution is -0.116. The van der Waals surface area contributed by atoms with E-state index in [1.807, 2.05) is 13.0 Å². The number of aliphatic hydroxyl groups excluding tert-OH is 1. The van der Waals surface area contributed by atoms with Crippen LogP contribution in [0, 0.1) is 16.7 Å². The van der Waals surface area contributed by atoms with Crippen molar-refractivity contribution in [1.82, 2.24) is 19.7 Å². The predicted molar refractivity (Wildman–Crippen MR) is 123 cm³/mol. The highest BCUT2D eigenvalue weighted by Crippen LogP contribution is 2.60. The molecule has 7 nitrogen and oxygen atoms in total. The monoisotopic (exact) mass is 434 g/mol. The zero-order chi connectivity index (χ0) is 23.3. The first-order chi connectivity index (χ1) is 15.0. The Bertz CT molecular complexity index is 1200. The molecular formula is C25H30N4O3. The molecule has 2 atom stereocenters. The van der Waals surface area contributed by atoms with E-state index in [4.69, 9.17) is 0 Å². The van der Waals surface area contributed by atoms with Crippen molar-refractivity contribution >= 4 is 23.2 Å². The molecule has 4 rings (SSSR count). The third-order valence-corrected chi connectivity index (χ3v) is 6.36. The molecule has 2 heterocycles. The maximum Gasteiger partial charge on any atom is 0.270 e. The molecule has 2 aromatic rings. The van der Waals surface area contributed by atoms with Crippen LogP contribution >= 0.6 is 0 Å². The van der Waals surface area contributed by atoms with E-state index in [2.05, 4.69) is 42.1 Å². The summed E-state index contributed by atoms with van der Waals surface area (Å²) in [6.07, 6.45) is 10.3. The van der Waals surface area contributed by atoms with Crippen molar-refractivity contribution in [3.8, 4) is 0 Å². The average molecular weight is 435 g/mol. The Balaban J connectivity index is 1.48. The number of fused-ring (bicyclic) bond motifs is 2. The summed E-state index contributed by atoms with van der Waals surface area (Å²) in [5.41, 5.74) is 2.41. The molecule has 0 bridgehead atoms. The molecule has 0 aliphatic heterocycles. The maximum atomic E-state index is 12.9. The molecule has 0 radical (unpaired) electrons. The van der Waals surface area contributed by atoms with Crippen molar-refractivity contribution in [2.45, 2.75) is 47.5 Å². The van der Waals surface area contributed by atoms with Gasteiger partial charge in [0.2, 0.25) is 5.78 Å². The van der Waals surface area contributed by atoms with Crippen molar-refractivity contribution < 1.29 is 14.7 Å². The van der Waals surface area contributed by atoms with E-state index in [9.17, 15) is 14.7 Å². The number of amides is 1. The van der Waals surface area contributed by atoms with Crippen LogP contribution in [0.2, 0.25) is 0 Å². The van der Waals surface area contributed by atoms with E-state index in [-0.39, 0.29) is 39.9 Å². The molecule has 1 saturated carbocycles. The number of allylic oxidation sites excluding steroid dienone is 4. The average Bonchev–Trinajstić information content (AvgIpc) is 3.28. The number of imidazole rings is 1. The number of hydrogen-bond acceptors (Lipinski definition) is 5. The summed E-state index contributed by atoms with van der Waals surface area (Å²) in [5.74, 6) is 0.544. The van der Waals surface area contributed by atoms with Gasteiger partial charge in [0.25, 0.3) is 5.91 Å². The summed E-state index contributed by atoms with van der Waals surface area (Å²) in [6.45, 7) is 10.4. The fourth-order valence-electron chi connectivity index (χ4n) is 4.50. The number of nitrogens with one attached hydrogen (secondary N) is 1. The topological polar surface area (TPSA) is 96.6 Å². The molecule has 168 valence electrons. The molecular weight excluding hydrogens is 404 g/mol. The Labute approximate surface area is 188 Å². The molecule has 2 aliphatic carbocycles. The van der Waals surface area contributed by atoms with Gasteiger partial charge in [-0.3, -0.25) is 14.0 Å². The second-order valence-corrected chi connectivity index (χ2v) is 10.1. The number of rotatable bonds is 6. The van der Waals surface area contributed by atoms with E-state index in [0.717, 1.165) is 17.6 Å². The number of nitrogens with zero attached hydrogens (tertiary/aromatic N) is 3. The number of hydrogen-bond donors (Lipinski definition) is 2. The highest BCUT2D eigenvalue weighted by molar-refractivity contribution is 5.99. The van der Waals surface area contributed by atoms with Crippen LogP contribution in [0.15, 0.2) is 47.8 Å². The normalized spacial score (nSPS) is 22.8. The van der Waals surface area contributed by atoms with Gasteiger partial charge in [0.15, 0.2) is 5.78 Å². The van der Waals surface area contributed by atoms with Crippen LogP contribution in [0.4, 0.5) is 0 Å². The number of ketones is 1. The van der Waals surface area contributed by atoms with Gasteiger partial charge in [0.05, 0.1) is 5.69 Å². The number of carbonyl (C=O) groups is 2. The van der Waals surface area contributed by atoms with Crippen molar-refractivity contribution in [2.24, 2.45) is 16.7 Å².